The van der Waals surface area contributed by atoms with Crippen LogP contribution in [0.15, 0.2) is 0 Å². The van der Waals surface area contributed by atoms with Gasteiger partial charge in [0.15, 0.2) is 0 Å². The van der Waals surface area contributed by atoms with Gasteiger partial charge in [-0.25, -0.2) is 0 Å². The van der Waals surface area contributed by atoms with Crippen molar-refractivity contribution < 1.29 is 6.22 Å². The number of carbonyl (C=O) groups excluding carboxylic acids is 1. The average Bonchev–Trinajstić information content (AvgIpc) is 2.03. The fourth-order valence-electron chi connectivity index (χ4n) is 0.945. The number of amides is 1. The van der Waals surface area contributed by atoms with Crippen LogP contribution in [0.4, 0.5) is 0 Å². The highest BCUT2D eigenvalue weighted by atomic mass is 16.2. The highest BCUT2D eigenvalue weighted by Crippen LogP contribution is 2.24. The van der Waals surface area contributed by atoms with Crippen LogP contribution in [-0.2, 0) is 4.79 Å². The molecule has 0 radical (unpaired) electrons. The van der Waals surface area contributed by atoms with Gasteiger partial charge in [-0.15, -0.1) is 0 Å². The third-order valence-corrected chi connectivity index (χ3v) is 2.45. The second-order valence-electron chi connectivity index (χ2n) is 3.13. The summed E-state index contributed by atoms with van der Waals surface area (Å²) in [6, 6.07) is 0. The fraction of sp³-hybridized carbons (Fsp3) is 0.889. The molecule has 0 aliphatic rings. The smallest absolute Gasteiger partial charge is 0.225 e. The zero-order valence-corrected chi connectivity index (χ0v) is 8.03. The van der Waals surface area contributed by atoms with Gasteiger partial charge in [-0.2, -0.15) is 0 Å². The molecule has 0 aromatic carbocycles. The first-order valence-electron chi connectivity index (χ1n) is 4.39. The molecule has 0 spiro atoms. The van der Waals surface area contributed by atoms with E-state index in [-0.39, 0.29) is 12.7 Å². The molecule has 0 unspecified atom stereocenters. The Bertz CT molecular complexity index is 132. The van der Waals surface area contributed by atoms with E-state index < -0.39 is 0 Å². The number of hydrogen-bond acceptors (Lipinski definition) is 1. The van der Waals surface area contributed by atoms with Gasteiger partial charge in [-0.1, -0.05) is 20.8 Å². The standard InChI is InChI=1S/C9H19NO.H2/c1-5-9(4,6-2)8(11)10-7-3;/h5-7H2,1-4H3,(H,10,11);1H. The minimum absolute atomic E-state index is 0. The van der Waals surface area contributed by atoms with Crippen LogP contribution in [0.25, 0.3) is 0 Å². The SMILES string of the molecule is CCNC(=O)C(C)(CC)CC.[HH]. The first-order chi connectivity index (χ1) is 5.10. The van der Waals surface area contributed by atoms with E-state index in [1.807, 2.05) is 13.8 Å². The molecule has 0 heterocycles. The van der Waals surface area contributed by atoms with Gasteiger partial charge in [0, 0.05) is 13.4 Å². The lowest BCUT2D eigenvalue weighted by molar-refractivity contribution is -0.130. The Morgan fingerprint density at radius 3 is 2.09 bits per heavy atom. The van der Waals surface area contributed by atoms with E-state index >= 15 is 0 Å². The Labute approximate surface area is 70.9 Å². The van der Waals surface area contributed by atoms with Crippen LogP contribution >= 0.6 is 0 Å². The summed E-state index contributed by atoms with van der Waals surface area (Å²) in [6.07, 6.45) is 1.82. The summed E-state index contributed by atoms with van der Waals surface area (Å²) in [7, 11) is 0. The van der Waals surface area contributed by atoms with E-state index in [4.69, 9.17) is 0 Å². The second kappa shape index (κ2) is 4.37. The Morgan fingerprint density at radius 2 is 1.82 bits per heavy atom. The molecule has 68 valence electrons. The van der Waals surface area contributed by atoms with Crippen LogP contribution in [-0.4, -0.2) is 12.5 Å². The molecule has 2 nitrogen and oxygen atoms in total. The van der Waals surface area contributed by atoms with E-state index in [0.717, 1.165) is 19.4 Å². The van der Waals surface area contributed by atoms with E-state index in [0.29, 0.717) is 0 Å². The summed E-state index contributed by atoms with van der Waals surface area (Å²) in [5.74, 6) is 0.185. The molecule has 11 heavy (non-hydrogen) atoms. The molecule has 0 aliphatic heterocycles. The van der Waals surface area contributed by atoms with Crippen LogP contribution < -0.4 is 5.32 Å². The Morgan fingerprint density at radius 1 is 1.36 bits per heavy atom. The van der Waals surface area contributed by atoms with Gasteiger partial charge in [-0.05, 0) is 19.8 Å². The number of nitrogens with one attached hydrogen (secondary N) is 1. The lowest BCUT2D eigenvalue weighted by Crippen LogP contribution is -2.37. The Balaban J connectivity index is 0. The average molecular weight is 159 g/mol. The highest BCUT2D eigenvalue weighted by Gasteiger charge is 2.27. The van der Waals surface area contributed by atoms with E-state index in [1.165, 1.54) is 0 Å². The van der Waals surface area contributed by atoms with Crippen LogP contribution in [0.5, 0.6) is 0 Å². The minimum Gasteiger partial charge on any atom is -0.356 e. The molecule has 0 fully saturated rings. The normalized spacial score (nSPS) is 11.3. The van der Waals surface area contributed by atoms with Gasteiger partial charge >= 0.3 is 0 Å². The quantitative estimate of drug-likeness (QED) is 0.669. The predicted octanol–water partition coefficient (Wildman–Crippen LogP) is 2.19. The summed E-state index contributed by atoms with van der Waals surface area (Å²) < 4.78 is 0. The fourth-order valence-corrected chi connectivity index (χ4v) is 0.945. The van der Waals surface area contributed by atoms with E-state index in [1.54, 1.807) is 0 Å². The minimum atomic E-state index is -0.157. The molecule has 0 aliphatic carbocycles. The summed E-state index contributed by atoms with van der Waals surface area (Å²) in [4.78, 5) is 11.4. The molecule has 0 aromatic rings. The van der Waals surface area contributed by atoms with Crippen molar-refractivity contribution in [2.24, 2.45) is 5.41 Å². The Kier molecular flexibility index (Phi) is 4.16. The number of rotatable bonds is 4. The zero-order chi connectivity index (χ0) is 8.91. The van der Waals surface area contributed by atoms with Gasteiger partial charge in [-0.3, -0.25) is 4.79 Å². The van der Waals surface area contributed by atoms with Crippen LogP contribution in [0.2, 0.25) is 0 Å². The largest absolute Gasteiger partial charge is 0.356 e. The van der Waals surface area contributed by atoms with Gasteiger partial charge in [0.05, 0.1) is 0 Å². The number of carbonyl (C=O) groups is 1. The summed E-state index contributed by atoms with van der Waals surface area (Å²) in [5.41, 5.74) is -0.157. The topological polar surface area (TPSA) is 29.1 Å². The second-order valence-corrected chi connectivity index (χ2v) is 3.13. The molecule has 2 heteroatoms. The van der Waals surface area contributed by atoms with Gasteiger partial charge in [0.1, 0.15) is 0 Å². The molecule has 0 aromatic heterocycles. The maximum Gasteiger partial charge on any atom is 0.225 e. The molecule has 1 amide bonds. The van der Waals surface area contributed by atoms with Crippen molar-refractivity contribution in [3.63, 3.8) is 0 Å². The molecule has 0 saturated carbocycles. The molecule has 0 bridgehead atoms. The van der Waals surface area contributed by atoms with Crippen molar-refractivity contribution in [3.8, 4) is 0 Å². The lowest BCUT2D eigenvalue weighted by Gasteiger charge is -2.24. The summed E-state index contributed by atoms with van der Waals surface area (Å²) in [5, 5.41) is 2.85. The molecule has 0 saturated heterocycles. The van der Waals surface area contributed by atoms with Gasteiger partial charge < -0.3 is 5.32 Å². The summed E-state index contributed by atoms with van der Waals surface area (Å²) >= 11 is 0. The van der Waals surface area contributed by atoms with E-state index in [2.05, 4.69) is 19.2 Å². The maximum absolute atomic E-state index is 11.4. The van der Waals surface area contributed by atoms with Crippen molar-refractivity contribution in [1.82, 2.24) is 5.32 Å². The van der Waals surface area contributed by atoms with Crippen molar-refractivity contribution in [2.45, 2.75) is 40.5 Å². The predicted molar refractivity (Wildman–Crippen MR) is 49.5 cm³/mol. The molecular formula is C9H21NO. The monoisotopic (exact) mass is 159 g/mol. The third-order valence-electron chi connectivity index (χ3n) is 2.45. The van der Waals surface area contributed by atoms with Gasteiger partial charge in [0.2, 0.25) is 5.91 Å². The van der Waals surface area contributed by atoms with Crippen molar-refractivity contribution in [2.75, 3.05) is 6.54 Å². The highest BCUT2D eigenvalue weighted by molar-refractivity contribution is 5.81. The Hall–Kier alpha value is -0.530. The van der Waals surface area contributed by atoms with Crippen LogP contribution in [0, 0.1) is 5.41 Å². The first-order valence-corrected chi connectivity index (χ1v) is 4.39. The van der Waals surface area contributed by atoms with E-state index in [9.17, 15) is 4.79 Å². The van der Waals surface area contributed by atoms with Crippen molar-refractivity contribution in [3.05, 3.63) is 0 Å². The van der Waals surface area contributed by atoms with Crippen molar-refractivity contribution >= 4 is 5.91 Å². The summed E-state index contributed by atoms with van der Waals surface area (Å²) in [6.45, 7) is 8.80. The zero-order valence-electron chi connectivity index (χ0n) is 8.03. The molecule has 0 rings (SSSR count). The first kappa shape index (κ1) is 10.5. The van der Waals surface area contributed by atoms with Crippen LogP contribution in [0.3, 0.4) is 0 Å². The van der Waals surface area contributed by atoms with Gasteiger partial charge in [0.25, 0.3) is 0 Å². The van der Waals surface area contributed by atoms with Crippen LogP contribution in [0.1, 0.15) is 42.0 Å². The molecular weight excluding hydrogens is 138 g/mol. The third kappa shape index (κ3) is 2.52. The lowest BCUT2D eigenvalue weighted by atomic mass is 9.84. The van der Waals surface area contributed by atoms with Crippen molar-refractivity contribution in [1.29, 1.82) is 0 Å². The molecule has 0 atom stereocenters. The number of hydrogen-bond donors (Lipinski definition) is 1. The molecule has 1 N–H and O–H groups in total. The maximum atomic E-state index is 11.4.